The Bertz CT molecular complexity index is 426. The molecule has 0 aliphatic carbocycles. The van der Waals surface area contributed by atoms with Gasteiger partial charge in [-0.15, -0.1) is 0 Å². The van der Waals surface area contributed by atoms with Crippen LogP contribution in [0.25, 0.3) is 11.0 Å². The standard InChI is InChI=1S/C10H8O2/c1-7-3-2-4-10-9(7)5-8(6-11)12-10/h2-6H,1H3. The van der Waals surface area contributed by atoms with Crippen molar-refractivity contribution in [1.82, 2.24) is 0 Å². The number of aryl methyl sites for hydroxylation is 1. The SMILES string of the molecule is Cc1cccc2oc(C=O)cc12. The number of aldehydes is 1. The second-order valence-electron chi connectivity index (χ2n) is 2.75. The average molecular weight is 160 g/mol. The molecule has 0 saturated heterocycles. The molecule has 0 fully saturated rings. The third kappa shape index (κ3) is 0.925. The highest BCUT2D eigenvalue weighted by Gasteiger charge is 2.03. The number of rotatable bonds is 1. The Balaban J connectivity index is 2.82. The summed E-state index contributed by atoms with van der Waals surface area (Å²) in [5, 5.41) is 1.01. The van der Waals surface area contributed by atoms with Gasteiger partial charge in [0.25, 0.3) is 0 Å². The van der Waals surface area contributed by atoms with E-state index in [-0.39, 0.29) is 0 Å². The van der Waals surface area contributed by atoms with Crippen LogP contribution in [0.4, 0.5) is 0 Å². The smallest absolute Gasteiger partial charge is 0.185 e. The molecule has 0 saturated carbocycles. The summed E-state index contributed by atoms with van der Waals surface area (Å²) < 4.78 is 5.23. The van der Waals surface area contributed by atoms with Crippen LogP contribution >= 0.6 is 0 Å². The van der Waals surface area contributed by atoms with Crippen LogP contribution in [-0.2, 0) is 0 Å². The minimum absolute atomic E-state index is 0.388. The van der Waals surface area contributed by atoms with Crippen LogP contribution in [0.2, 0.25) is 0 Å². The van der Waals surface area contributed by atoms with Gasteiger partial charge in [0.05, 0.1) is 0 Å². The van der Waals surface area contributed by atoms with Gasteiger partial charge in [-0.25, -0.2) is 0 Å². The normalized spacial score (nSPS) is 10.4. The highest BCUT2D eigenvalue weighted by atomic mass is 16.3. The van der Waals surface area contributed by atoms with Gasteiger partial charge >= 0.3 is 0 Å². The van der Waals surface area contributed by atoms with E-state index in [0.29, 0.717) is 5.76 Å². The van der Waals surface area contributed by atoms with E-state index in [1.165, 1.54) is 0 Å². The maximum atomic E-state index is 10.4. The summed E-state index contributed by atoms with van der Waals surface area (Å²) in [7, 11) is 0. The van der Waals surface area contributed by atoms with Gasteiger partial charge in [0.15, 0.2) is 12.0 Å². The van der Waals surface area contributed by atoms with E-state index in [1.807, 2.05) is 25.1 Å². The first-order valence-electron chi connectivity index (χ1n) is 3.75. The predicted octanol–water partition coefficient (Wildman–Crippen LogP) is 2.55. The molecule has 2 rings (SSSR count). The van der Waals surface area contributed by atoms with Crippen LogP contribution in [0.5, 0.6) is 0 Å². The highest BCUT2D eigenvalue weighted by molar-refractivity contribution is 5.87. The molecule has 1 heterocycles. The molecular formula is C10H8O2. The van der Waals surface area contributed by atoms with Crippen LogP contribution < -0.4 is 0 Å². The third-order valence-corrected chi connectivity index (χ3v) is 1.91. The summed E-state index contributed by atoms with van der Waals surface area (Å²) in [4.78, 5) is 10.4. The molecule has 0 amide bonds. The van der Waals surface area contributed by atoms with Crippen molar-refractivity contribution in [2.24, 2.45) is 0 Å². The average Bonchev–Trinajstić information content (AvgIpc) is 2.49. The van der Waals surface area contributed by atoms with Crippen molar-refractivity contribution in [2.45, 2.75) is 6.92 Å². The summed E-state index contributed by atoms with van der Waals surface area (Å²) in [6.07, 6.45) is 0.722. The summed E-state index contributed by atoms with van der Waals surface area (Å²) in [6.45, 7) is 1.99. The minimum atomic E-state index is 0.388. The van der Waals surface area contributed by atoms with Gasteiger partial charge in [0.2, 0.25) is 0 Å². The van der Waals surface area contributed by atoms with Crippen molar-refractivity contribution in [3.63, 3.8) is 0 Å². The van der Waals surface area contributed by atoms with Crippen LogP contribution in [-0.4, -0.2) is 6.29 Å². The molecular weight excluding hydrogens is 152 g/mol. The van der Waals surface area contributed by atoms with Gasteiger partial charge < -0.3 is 4.42 Å². The van der Waals surface area contributed by atoms with Crippen molar-refractivity contribution >= 4 is 17.3 Å². The van der Waals surface area contributed by atoms with Gasteiger partial charge in [-0.2, -0.15) is 0 Å². The fourth-order valence-electron chi connectivity index (χ4n) is 1.28. The Morgan fingerprint density at radius 2 is 2.25 bits per heavy atom. The number of carbonyl (C=O) groups is 1. The lowest BCUT2D eigenvalue weighted by molar-refractivity contribution is 0.110. The fraction of sp³-hybridized carbons (Fsp3) is 0.100. The van der Waals surface area contributed by atoms with E-state index < -0.39 is 0 Å². The highest BCUT2D eigenvalue weighted by Crippen LogP contribution is 2.21. The van der Waals surface area contributed by atoms with Crippen molar-refractivity contribution in [3.05, 3.63) is 35.6 Å². The van der Waals surface area contributed by atoms with Gasteiger partial charge in [0, 0.05) is 5.39 Å². The van der Waals surface area contributed by atoms with Gasteiger partial charge in [0.1, 0.15) is 5.58 Å². The van der Waals surface area contributed by atoms with E-state index in [9.17, 15) is 4.79 Å². The van der Waals surface area contributed by atoms with E-state index in [1.54, 1.807) is 6.07 Å². The van der Waals surface area contributed by atoms with E-state index in [0.717, 1.165) is 22.8 Å². The van der Waals surface area contributed by atoms with Gasteiger partial charge in [-0.3, -0.25) is 4.79 Å². The zero-order valence-electron chi connectivity index (χ0n) is 6.70. The molecule has 0 N–H and O–H groups in total. The van der Waals surface area contributed by atoms with Gasteiger partial charge in [-0.1, -0.05) is 12.1 Å². The Hall–Kier alpha value is -1.57. The zero-order valence-corrected chi connectivity index (χ0v) is 6.70. The monoisotopic (exact) mass is 160 g/mol. The lowest BCUT2D eigenvalue weighted by Gasteiger charge is -1.90. The topological polar surface area (TPSA) is 30.2 Å². The lowest BCUT2D eigenvalue weighted by atomic mass is 10.1. The number of benzene rings is 1. The Labute approximate surface area is 69.8 Å². The summed E-state index contributed by atoms with van der Waals surface area (Å²) >= 11 is 0. The molecule has 2 nitrogen and oxygen atoms in total. The molecule has 60 valence electrons. The molecule has 2 aromatic rings. The summed E-state index contributed by atoms with van der Waals surface area (Å²) in [5.41, 5.74) is 1.90. The van der Waals surface area contributed by atoms with Crippen molar-refractivity contribution in [3.8, 4) is 0 Å². The Kier molecular flexibility index (Phi) is 1.47. The largest absolute Gasteiger partial charge is 0.453 e. The maximum Gasteiger partial charge on any atom is 0.185 e. The van der Waals surface area contributed by atoms with Crippen LogP contribution in [0, 0.1) is 6.92 Å². The van der Waals surface area contributed by atoms with Crippen molar-refractivity contribution in [2.75, 3.05) is 0 Å². The number of fused-ring (bicyclic) bond motifs is 1. The Morgan fingerprint density at radius 3 is 2.92 bits per heavy atom. The van der Waals surface area contributed by atoms with E-state index >= 15 is 0 Å². The third-order valence-electron chi connectivity index (χ3n) is 1.91. The molecule has 2 heteroatoms. The van der Waals surface area contributed by atoms with E-state index in [4.69, 9.17) is 4.42 Å². The molecule has 1 aromatic heterocycles. The molecule has 12 heavy (non-hydrogen) atoms. The molecule has 0 spiro atoms. The first-order valence-corrected chi connectivity index (χ1v) is 3.75. The second-order valence-corrected chi connectivity index (χ2v) is 2.75. The fourth-order valence-corrected chi connectivity index (χ4v) is 1.28. The van der Waals surface area contributed by atoms with Crippen molar-refractivity contribution in [1.29, 1.82) is 0 Å². The predicted molar refractivity (Wildman–Crippen MR) is 46.3 cm³/mol. The molecule has 1 aromatic carbocycles. The second kappa shape index (κ2) is 2.48. The molecule has 0 atom stereocenters. The van der Waals surface area contributed by atoms with E-state index in [2.05, 4.69) is 0 Å². The number of hydrogen-bond acceptors (Lipinski definition) is 2. The van der Waals surface area contributed by atoms with Crippen LogP contribution in [0.15, 0.2) is 28.7 Å². The van der Waals surface area contributed by atoms with Crippen LogP contribution in [0.3, 0.4) is 0 Å². The van der Waals surface area contributed by atoms with Crippen molar-refractivity contribution < 1.29 is 9.21 Å². The lowest BCUT2D eigenvalue weighted by Crippen LogP contribution is -1.70. The molecule has 0 aliphatic heterocycles. The first kappa shape index (κ1) is 7.10. The quantitative estimate of drug-likeness (QED) is 0.600. The Morgan fingerprint density at radius 1 is 1.42 bits per heavy atom. The maximum absolute atomic E-state index is 10.4. The summed E-state index contributed by atoms with van der Waals surface area (Å²) in [5.74, 6) is 0.388. The van der Waals surface area contributed by atoms with Crippen LogP contribution in [0.1, 0.15) is 16.1 Å². The summed E-state index contributed by atoms with van der Waals surface area (Å²) in [6, 6.07) is 7.52. The first-order chi connectivity index (χ1) is 5.81. The molecule has 0 aliphatic rings. The number of carbonyl (C=O) groups excluding carboxylic acids is 1. The molecule has 0 unspecified atom stereocenters. The van der Waals surface area contributed by atoms with Gasteiger partial charge in [-0.05, 0) is 24.6 Å². The molecule has 0 radical (unpaired) electrons. The molecule has 0 bridgehead atoms. The number of furan rings is 1. The number of hydrogen-bond donors (Lipinski definition) is 0. The zero-order chi connectivity index (χ0) is 8.55. The minimum Gasteiger partial charge on any atom is -0.453 e.